The molecular weight excluding hydrogens is 262 g/mol. The number of fused-ring (bicyclic) bond motifs is 1. The molecule has 0 fully saturated rings. The monoisotopic (exact) mass is 279 g/mol. The van der Waals surface area contributed by atoms with Crippen molar-refractivity contribution in [2.45, 2.75) is 20.3 Å². The standard InChI is InChI=1S/C17H17N3O/c1-11(2)8-15(21)13-9-18-17-16(13)20-14(10-19-17)12-6-4-3-5-7-12/h3-7,9-11H,8H2,1-2H3,(H,18,19). The first kappa shape index (κ1) is 13.5. The van der Waals surface area contributed by atoms with E-state index in [1.165, 1.54) is 0 Å². The van der Waals surface area contributed by atoms with Crippen molar-refractivity contribution in [1.29, 1.82) is 0 Å². The smallest absolute Gasteiger partial charge is 0.166 e. The third-order valence-electron chi connectivity index (χ3n) is 3.34. The van der Waals surface area contributed by atoms with Crippen molar-refractivity contribution < 1.29 is 4.79 Å². The summed E-state index contributed by atoms with van der Waals surface area (Å²) in [5.74, 6) is 0.434. The van der Waals surface area contributed by atoms with Crippen molar-refractivity contribution in [1.82, 2.24) is 15.0 Å². The number of H-pyrrole nitrogens is 1. The molecule has 0 aliphatic rings. The maximum atomic E-state index is 12.3. The molecule has 0 saturated heterocycles. The molecule has 4 heteroatoms. The molecule has 3 aromatic rings. The van der Waals surface area contributed by atoms with Gasteiger partial charge < -0.3 is 4.98 Å². The zero-order chi connectivity index (χ0) is 14.8. The van der Waals surface area contributed by atoms with Gasteiger partial charge in [-0.25, -0.2) is 9.97 Å². The molecule has 0 aliphatic carbocycles. The van der Waals surface area contributed by atoms with Gasteiger partial charge in [-0.3, -0.25) is 4.79 Å². The Kier molecular flexibility index (Phi) is 3.52. The van der Waals surface area contributed by atoms with E-state index >= 15 is 0 Å². The van der Waals surface area contributed by atoms with Crippen LogP contribution in [0.1, 0.15) is 30.6 Å². The van der Waals surface area contributed by atoms with Crippen molar-refractivity contribution in [2.24, 2.45) is 5.92 Å². The molecule has 0 atom stereocenters. The Labute approximate surface area is 123 Å². The molecule has 0 radical (unpaired) electrons. The summed E-state index contributed by atoms with van der Waals surface area (Å²) in [6, 6.07) is 9.85. The largest absolute Gasteiger partial charge is 0.344 e. The van der Waals surface area contributed by atoms with Crippen molar-refractivity contribution in [3.63, 3.8) is 0 Å². The minimum Gasteiger partial charge on any atom is -0.344 e. The van der Waals surface area contributed by atoms with Crippen LogP contribution in [0.25, 0.3) is 22.4 Å². The average Bonchev–Trinajstić information content (AvgIpc) is 2.90. The lowest BCUT2D eigenvalue weighted by Crippen LogP contribution is -2.03. The van der Waals surface area contributed by atoms with Gasteiger partial charge in [0.05, 0.1) is 17.5 Å². The molecule has 1 aromatic carbocycles. The summed E-state index contributed by atoms with van der Waals surface area (Å²) in [4.78, 5) is 24.3. The third kappa shape index (κ3) is 2.70. The minimum atomic E-state index is 0.107. The quantitative estimate of drug-likeness (QED) is 0.738. The van der Waals surface area contributed by atoms with Crippen LogP contribution >= 0.6 is 0 Å². The molecular formula is C17H17N3O. The second-order valence-corrected chi connectivity index (χ2v) is 5.54. The van der Waals surface area contributed by atoms with Gasteiger partial charge in [0.15, 0.2) is 11.4 Å². The molecule has 2 aromatic heterocycles. The molecule has 4 nitrogen and oxygen atoms in total. The van der Waals surface area contributed by atoms with E-state index < -0.39 is 0 Å². The minimum absolute atomic E-state index is 0.107. The van der Waals surface area contributed by atoms with Gasteiger partial charge in [-0.1, -0.05) is 44.2 Å². The van der Waals surface area contributed by atoms with E-state index in [2.05, 4.69) is 15.0 Å². The van der Waals surface area contributed by atoms with E-state index in [4.69, 9.17) is 0 Å². The molecule has 0 saturated carbocycles. The van der Waals surface area contributed by atoms with Gasteiger partial charge in [0.1, 0.15) is 5.52 Å². The van der Waals surface area contributed by atoms with Crippen LogP contribution in [0, 0.1) is 5.92 Å². The number of nitrogens with zero attached hydrogens (tertiary/aromatic N) is 2. The lowest BCUT2D eigenvalue weighted by molar-refractivity contribution is 0.0969. The summed E-state index contributed by atoms with van der Waals surface area (Å²) in [6.45, 7) is 4.07. The maximum absolute atomic E-state index is 12.3. The molecule has 3 rings (SSSR count). The van der Waals surface area contributed by atoms with Crippen LogP contribution in [0.2, 0.25) is 0 Å². The number of hydrogen-bond donors (Lipinski definition) is 1. The van der Waals surface area contributed by atoms with E-state index in [1.807, 2.05) is 44.2 Å². The topological polar surface area (TPSA) is 58.6 Å². The molecule has 2 heterocycles. The van der Waals surface area contributed by atoms with Gasteiger partial charge in [0, 0.05) is 18.2 Å². The van der Waals surface area contributed by atoms with Crippen LogP contribution in [0.15, 0.2) is 42.7 Å². The maximum Gasteiger partial charge on any atom is 0.166 e. The Morgan fingerprint density at radius 2 is 2.00 bits per heavy atom. The Hall–Kier alpha value is -2.49. The number of carbonyl (C=O) groups excluding carboxylic acids is 1. The van der Waals surface area contributed by atoms with E-state index in [1.54, 1.807) is 12.4 Å². The lowest BCUT2D eigenvalue weighted by Gasteiger charge is -2.03. The zero-order valence-electron chi connectivity index (χ0n) is 12.1. The first-order valence-corrected chi connectivity index (χ1v) is 7.08. The zero-order valence-corrected chi connectivity index (χ0v) is 12.1. The number of Topliss-reactive ketones (excluding diaryl/α,β-unsaturated/α-hetero) is 1. The summed E-state index contributed by atoms with van der Waals surface area (Å²) in [6.07, 6.45) is 3.96. The molecule has 0 bridgehead atoms. The summed E-state index contributed by atoms with van der Waals surface area (Å²) in [7, 11) is 0. The Morgan fingerprint density at radius 3 is 2.71 bits per heavy atom. The predicted octanol–water partition coefficient (Wildman–Crippen LogP) is 3.85. The number of carbonyl (C=O) groups is 1. The fourth-order valence-corrected chi connectivity index (χ4v) is 2.33. The van der Waals surface area contributed by atoms with Gasteiger partial charge in [-0.2, -0.15) is 0 Å². The molecule has 106 valence electrons. The van der Waals surface area contributed by atoms with Crippen LogP contribution in [0.5, 0.6) is 0 Å². The SMILES string of the molecule is CC(C)CC(=O)c1c[nH]c2ncc(-c3ccccc3)nc12. The Bertz CT molecular complexity index is 775. The fraction of sp³-hybridized carbons (Fsp3) is 0.235. The molecule has 0 aliphatic heterocycles. The van der Waals surface area contributed by atoms with Crippen molar-refractivity contribution >= 4 is 16.9 Å². The van der Waals surface area contributed by atoms with E-state index in [-0.39, 0.29) is 5.78 Å². The normalized spacial score (nSPS) is 11.2. The highest BCUT2D eigenvalue weighted by Gasteiger charge is 2.16. The summed E-state index contributed by atoms with van der Waals surface area (Å²) in [5.41, 5.74) is 3.71. The molecule has 1 N–H and O–H groups in total. The average molecular weight is 279 g/mol. The summed E-state index contributed by atoms with van der Waals surface area (Å²) >= 11 is 0. The van der Waals surface area contributed by atoms with Crippen LogP contribution in [-0.2, 0) is 0 Å². The number of nitrogens with one attached hydrogen (secondary N) is 1. The first-order valence-electron chi connectivity index (χ1n) is 7.08. The fourth-order valence-electron chi connectivity index (χ4n) is 2.33. The predicted molar refractivity (Wildman–Crippen MR) is 83.1 cm³/mol. The molecule has 21 heavy (non-hydrogen) atoms. The second-order valence-electron chi connectivity index (χ2n) is 5.54. The van der Waals surface area contributed by atoms with Gasteiger partial charge >= 0.3 is 0 Å². The second kappa shape index (κ2) is 5.48. The summed E-state index contributed by atoms with van der Waals surface area (Å²) < 4.78 is 0. The number of benzene rings is 1. The highest BCUT2D eigenvalue weighted by molar-refractivity contribution is 6.06. The number of rotatable bonds is 4. The van der Waals surface area contributed by atoms with E-state index in [0.29, 0.717) is 29.1 Å². The number of aromatic amines is 1. The van der Waals surface area contributed by atoms with E-state index in [0.717, 1.165) is 11.3 Å². The summed E-state index contributed by atoms with van der Waals surface area (Å²) in [5, 5.41) is 0. The van der Waals surface area contributed by atoms with Crippen LogP contribution in [0.4, 0.5) is 0 Å². The van der Waals surface area contributed by atoms with Crippen molar-refractivity contribution in [3.05, 3.63) is 48.3 Å². The highest BCUT2D eigenvalue weighted by Crippen LogP contribution is 2.22. The van der Waals surface area contributed by atoms with Crippen molar-refractivity contribution in [3.8, 4) is 11.3 Å². The van der Waals surface area contributed by atoms with Gasteiger partial charge in [0.2, 0.25) is 0 Å². The Morgan fingerprint density at radius 1 is 1.24 bits per heavy atom. The van der Waals surface area contributed by atoms with Gasteiger partial charge in [-0.05, 0) is 5.92 Å². The van der Waals surface area contributed by atoms with Crippen molar-refractivity contribution in [2.75, 3.05) is 0 Å². The third-order valence-corrected chi connectivity index (χ3v) is 3.34. The van der Waals surface area contributed by atoms with Crippen LogP contribution < -0.4 is 0 Å². The van der Waals surface area contributed by atoms with E-state index in [9.17, 15) is 4.79 Å². The van der Waals surface area contributed by atoms with Crippen LogP contribution in [-0.4, -0.2) is 20.7 Å². The number of aromatic nitrogens is 3. The number of ketones is 1. The molecule has 0 spiro atoms. The highest BCUT2D eigenvalue weighted by atomic mass is 16.1. The first-order chi connectivity index (χ1) is 10.1. The molecule has 0 amide bonds. The molecule has 0 unspecified atom stereocenters. The van der Waals surface area contributed by atoms with Gasteiger partial charge in [-0.15, -0.1) is 0 Å². The van der Waals surface area contributed by atoms with Crippen LogP contribution in [0.3, 0.4) is 0 Å². The lowest BCUT2D eigenvalue weighted by atomic mass is 10.0. The number of hydrogen-bond acceptors (Lipinski definition) is 3. The Balaban J connectivity index is 2.06. The van der Waals surface area contributed by atoms with Gasteiger partial charge in [0.25, 0.3) is 0 Å².